The maximum Gasteiger partial charge on any atom is 0.0554 e. The second kappa shape index (κ2) is 9.75. The average Bonchev–Trinajstić information content (AvgIpc) is 2.63. The Bertz CT molecular complexity index is 732. The zero-order valence-corrected chi connectivity index (χ0v) is 14.2. The molecule has 1 N–H and O–H groups in total. The van der Waals surface area contributed by atoms with Gasteiger partial charge in [-0.1, -0.05) is 72.8 Å². The minimum atomic E-state index is 1.01. The number of thiocarbonyl (C=S) groups is 1. The molecule has 0 unspecified atom stereocenters. The highest BCUT2D eigenvalue weighted by atomic mass is 32.2. The summed E-state index contributed by atoms with van der Waals surface area (Å²) >= 11 is 5.69. The van der Waals surface area contributed by atoms with Gasteiger partial charge in [-0.05, 0) is 41.0 Å². The van der Waals surface area contributed by atoms with Crippen molar-refractivity contribution in [1.82, 2.24) is 0 Å². The van der Waals surface area contributed by atoms with Crippen molar-refractivity contribution in [2.75, 3.05) is 0 Å². The van der Waals surface area contributed by atoms with E-state index in [0.29, 0.717) is 0 Å². The number of isothiocyanates is 1. The lowest BCUT2D eigenvalue weighted by Crippen LogP contribution is -1.82. The molecular weight excluding hydrogens is 318 g/mol. The Morgan fingerprint density at radius 2 is 1.22 bits per heavy atom. The summed E-state index contributed by atoms with van der Waals surface area (Å²) in [7, 11) is 0. The van der Waals surface area contributed by atoms with Gasteiger partial charge in [-0.2, -0.15) is 0 Å². The summed E-state index contributed by atoms with van der Waals surface area (Å²) in [6, 6.07) is 29.9. The monoisotopic (exact) mass is 335 g/mol. The molecule has 0 heterocycles. The van der Waals surface area contributed by atoms with E-state index in [9.17, 15) is 0 Å². The SMILES string of the molecule is N=C=S.c1ccc(SCc2ccc(-c3ccccc3)cc2)cc1. The van der Waals surface area contributed by atoms with E-state index >= 15 is 0 Å². The number of hydrogen-bond acceptors (Lipinski definition) is 3. The highest BCUT2D eigenvalue weighted by Crippen LogP contribution is 2.24. The molecular formula is C20H17NS2. The largest absolute Gasteiger partial charge is 0.248 e. The summed E-state index contributed by atoms with van der Waals surface area (Å²) in [6.07, 6.45) is 0. The smallest absolute Gasteiger partial charge is 0.0554 e. The molecule has 0 spiro atoms. The van der Waals surface area contributed by atoms with Gasteiger partial charge in [0.15, 0.2) is 0 Å². The second-order valence-corrected chi connectivity index (χ2v) is 6.02. The second-order valence-electron chi connectivity index (χ2n) is 4.77. The van der Waals surface area contributed by atoms with Crippen molar-refractivity contribution < 1.29 is 0 Å². The standard InChI is InChI=1S/C19H16S.CHNS/c1-3-7-17(8-4-1)18-13-11-16(12-14-18)15-20-19-9-5-2-6-10-19;2-1-3/h1-14H,15H2;2H. The summed E-state index contributed by atoms with van der Waals surface area (Å²) in [5.74, 6) is 1.01. The van der Waals surface area contributed by atoms with Crippen molar-refractivity contribution in [2.24, 2.45) is 0 Å². The van der Waals surface area contributed by atoms with Crippen LogP contribution in [0.25, 0.3) is 11.1 Å². The van der Waals surface area contributed by atoms with E-state index < -0.39 is 0 Å². The maximum absolute atomic E-state index is 5.77. The fourth-order valence-corrected chi connectivity index (χ4v) is 2.98. The van der Waals surface area contributed by atoms with Crippen LogP contribution in [0, 0.1) is 5.41 Å². The molecule has 0 bridgehead atoms. The fraction of sp³-hybridized carbons (Fsp3) is 0.0500. The van der Waals surface area contributed by atoms with Crippen LogP contribution in [0.3, 0.4) is 0 Å². The third-order valence-corrected chi connectivity index (χ3v) is 4.29. The van der Waals surface area contributed by atoms with E-state index in [1.165, 1.54) is 21.6 Å². The van der Waals surface area contributed by atoms with Crippen LogP contribution in [0.1, 0.15) is 5.56 Å². The Morgan fingerprint density at radius 3 is 1.78 bits per heavy atom. The predicted molar refractivity (Wildman–Crippen MR) is 103 cm³/mol. The highest BCUT2D eigenvalue weighted by Gasteiger charge is 1.98. The van der Waals surface area contributed by atoms with Crippen LogP contribution >= 0.6 is 24.0 Å². The third kappa shape index (κ3) is 5.84. The predicted octanol–water partition coefficient (Wildman–Crippen LogP) is 6.31. The van der Waals surface area contributed by atoms with Crippen LogP contribution in [0.15, 0.2) is 89.8 Å². The van der Waals surface area contributed by atoms with E-state index in [0.717, 1.165) is 5.75 Å². The number of benzene rings is 3. The van der Waals surface area contributed by atoms with Crippen LogP contribution in [0.4, 0.5) is 0 Å². The molecule has 0 atom stereocenters. The first-order valence-corrected chi connectivity index (χ1v) is 8.59. The average molecular weight is 335 g/mol. The molecule has 0 aliphatic rings. The third-order valence-electron chi connectivity index (χ3n) is 3.21. The van der Waals surface area contributed by atoms with Gasteiger partial charge >= 0.3 is 0 Å². The van der Waals surface area contributed by atoms with Gasteiger partial charge in [-0.25, -0.2) is 5.41 Å². The minimum absolute atomic E-state index is 1.01. The van der Waals surface area contributed by atoms with E-state index in [1.54, 1.807) is 5.16 Å². The molecule has 0 saturated carbocycles. The molecule has 0 aliphatic heterocycles. The first-order chi connectivity index (χ1) is 11.3. The Labute approximate surface area is 146 Å². The van der Waals surface area contributed by atoms with Crippen LogP contribution in [0.5, 0.6) is 0 Å². The molecule has 3 aromatic carbocycles. The van der Waals surface area contributed by atoms with Gasteiger partial charge in [0, 0.05) is 10.6 Å². The van der Waals surface area contributed by atoms with Crippen molar-refractivity contribution in [1.29, 1.82) is 5.41 Å². The Balaban J connectivity index is 0.000000595. The number of rotatable bonds is 4. The van der Waals surface area contributed by atoms with Gasteiger partial charge < -0.3 is 0 Å². The quantitative estimate of drug-likeness (QED) is 0.343. The lowest BCUT2D eigenvalue weighted by atomic mass is 10.0. The number of hydrogen-bond donors (Lipinski definition) is 1. The Hall–Kier alpha value is -2.19. The molecule has 23 heavy (non-hydrogen) atoms. The van der Waals surface area contributed by atoms with Gasteiger partial charge in [0.1, 0.15) is 0 Å². The van der Waals surface area contributed by atoms with Crippen LogP contribution in [-0.2, 0) is 5.75 Å². The number of thioether (sulfide) groups is 1. The van der Waals surface area contributed by atoms with Crippen molar-refractivity contribution in [3.05, 3.63) is 90.5 Å². The summed E-state index contributed by atoms with van der Waals surface area (Å²) in [6.45, 7) is 0. The molecule has 0 amide bonds. The minimum Gasteiger partial charge on any atom is -0.248 e. The van der Waals surface area contributed by atoms with Crippen molar-refractivity contribution in [3.63, 3.8) is 0 Å². The van der Waals surface area contributed by atoms with E-state index in [-0.39, 0.29) is 0 Å². The first kappa shape index (κ1) is 17.2. The lowest BCUT2D eigenvalue weighted by Gasteiger charge is -2.05. The van der Waals surface area contributed by atoms with Crippen LogP contribution in [0.2, 0.25) is 0 Å². The molecule has 0 fully saturated rings. The summed E-state index contributed by atoms with van der Waals surface area (Å²) in [5.41, 5.74) is 3.91. The van der Waals surface area contributed by atoms with Crippen molar-refractivity contribution in [3.8, 4) is 11.1 Å². The molecule has 0 saturated heterocycles. The van der Waals surface area contributed by atoms with Crippen LogP contribution in [-0.4, -0.2) is 5.16 Å². The summed E-state index contributed by atoms with van der Waals surface area (Å²) in [5, 5.41) is 7.36. The fourth-order valence-electron chi connectivity index (χ4n) is 2.11. The normalized spacial score (nSPS) is 9.39. The molecule has 0 aromatic heterocycles. The van der Waals surface area contributed by atoms with Crippen LogP contribution < -0.4 is 0 Å². The van der Waals surface area contributed by atoms with Crippen molar-refractivity contribution >= 4 is 29.1 Å². The van der Waals surface area contributed by atoms with Gasteiger partial charge in [0.05, 0.1) is 5.16 Å². The molecule has 114 valence electrons. The van der Waals surface area contributed by atoms with Gasteiger partial charge in [0.2, 0.25) is 0 Å². The molecule has 1 nitrogen and oxygen atoms in total. The zero-order valence-electron chi connectivity index (χ0n) is 12.6. The summed E-state index contributed by atoms with van der Waals surface area (Å²) < 4.78 is 0. The molecule has 0 radical (unpaired) electrons. The molecule has 3 aromatic rings. The first-order valence-electron chi connectivity index (χ1n) is 7.19. The topological polar surface area (TPSA) is 23.9 Å². The Morgan fingerprint density at radius 1 is 0.739 bits per heavy atom. The zero-order chi connectivity index (χ0) is 16.3. The number of nitrogens with one attached hydrogen (secondary N) is 1. The van der Waals surface area contributed by atoms with E-state index in [2.05, 4.69) is 91.1 Å². The summed E-state index contributed by atoms with van der Waals surface area (Å²) in [4.78, 5) is 1.32. The highest BCUT2D eigenvalue weighted by molar-refractivity contribution is 7.98. The van der Waals surface area contributed by atoms with Gasteiger partial charge in [-0.3, -0.25) is 0 Å². The van der Waals surface area contributed by atoms with E-state index in [4.69, 9.17) is 5.41 Å². The van der Waals surface area contributed by atoms with Crippen molar-refractivity contribution in [2.45, 2.75) is 10.6 Å². The maximum atomic E-state index is 5.77. The lowest BCUT2D eigenvalue weighted by molar-refractivity contribution is 1.38. The molecule has 0 aliphatic carbocycles. The van der Waals surface area contributed by atoms with E-state index in [1.807, 2.05) is 17.8 Å². The van der Waals surface area contributed by atoms with Gasteiger partial charge in [0.25, 0.3) is 0 Å². The molecule has 3 rings (SSSR count). The Kier molecular flexibility index (Phi) is 7.28. The van der Waals surface area contributed by atoms with Gasteiger partial charge in [-0.15, -0.1) is 11.8 Å². The molecule has 3 heteroatoms.